The quantitative estimate of drug-likeness (QED) is 0.426. The Labute approximate surface area is 157 Å². The monoisotopic (exact) mass is 383 g/mol. The van der Waals surface area contributed by atoms with Gasteiger partial charge in [0.1, 0.15) is 18.2 Å². The first-order valence-corrected chi connectivity index (χ1v) is 8.76. The van der Waals surface area contributed by atoms with E-state index in [0.717, 1.165) is 10.5 Å². The first kappa shape index (κ1) is 20.0. The highest BCUT2D eigenvalue weighted by Crippen LogP contribution is 2.39. The molecule has 1 heterocycles. The third-order valence-corrected chi connectivity index (χ3v) is 4.74. The van der Waals surface area contributed by atoms with Crippen LogP contribution in [0.15, 0.2) is 30.3 Å². The molecule has 1 amide bonds. The summed E-state index contributed by atoms with van der Waals surface area (Å²) in [6, 6.07) is 8.18. The zero-order valence-corrected chi connectivity index (χ0v) is 15.5. The first-order chi connectivity index (χ1) is 12.5. The average molecular weight is 384 g/mol. The lowest BCUT2D eigenvalue weighted by Crippen LogP contribution is -2.58. The number of likely N-dealkylation sites (tertiary alicyclic amines) is 1. The molecule has 2 unspecified atom stereocenters. The van der Waals surface area contributed by atoms with E-state index in [9.17, 15) is 14.4 Å². The molecule has 2 rings (SSSR count). The summed E-state index contributed by atoms with van der Waals surface area (Å²) in [5.74, 6) is -1.12. The van der Waals surface area contributed by atoms with E-state index >= 15 is 0 Å². The van der Waals surface area contributed by atoms with E-state index < -0.39 is 29.6 Å². The van der Waals surface area contributed by atoms with Crippen LogP contribution in [0.4, 0.5) is 4.79 Å². The summed E-state index contributed by atoms with van der Waals surface area (Å²) in [5.41, 5.74) is -0.556. The molecule has 26 heavy (non-hydrogen) atoms. The van der Waals surface area contributed by atoms with Crippen LogP contribution in [0.25, 0.3) is 0 Å². The van der Waals surface area contributed by atoms with Gasteiger partial charge in [-0.2, -0.15) is 0 Å². The van der Waals surface area contributed by atoms with E-state index in [2.05, 4.69) is 0 Å². The molecule has 1 aromatic carbocycles. The van der Waals surface area contributed by atoms with Gasteiger partial charge in [0.2, 0.25) is 0 Å². The van der Waals surface area contributed by atoms with Crippen LogP contribution in [-0.4, -0.2) is 54.6 Å². The van der Waals surface area contributed by atoms with E-state index in [1.807, 2.05) is 18.2 Å². The first-order valence-electron chi connectivity index (χ1n) is 8.22. The maximum atomic E-state index is 12.8. The summed E-state index contributed by atoms with van der Waals surface area (Å²) < 4.78 is 15.0. The van der Waals surface area contributed by atoms with Crippen molar-refractivity contribution in [2.45, 2.75) is 37.5 Å². The number of hydrogen-bond acceptors (Lipinski definition) is 6. The van der Waals surface area contributed by atoms with Crippen molar-refractivity contribution < 1.29 is 28.6 Å². The molecule has 0 radical (unpaired) electrons. The fraction of sp³-hybridized carbons (Fsp3) is 0.500. The molecular weight excluding hydrogens is 362 g/mol. The van der Waals surface area contributed by atoms with Crippen LogP contribution >= 0.6 is 11.6 Å². The molecule has 142 valence electrons. The smallest absolute Gasteiger partial charge is 0.411 e. The Bertz CT molecular complexity index is 652. The van der Waals surface area contributed by atoms with Gasteiger partial charge in [0.05, 0.1) is 14.2 Å². The van der Waals surface area contributed by atoms with E-state index in [4.69, 9.17) is 25.8 Å². The van der Waals surface area contributed by atoms with Crippen molar-refractivity contribution >= 4 is 29.6 Å². The Balaban J connectivity index is 2.29. The standard InChI is InChI=1S/C18H22ClNO6/c1-24-15(21)14-8-9-18(10-11-19,16(22)25-2)20(14)17(23)26-12-13-6-4-3-5-7-13/h3-7,14H,8-12H2,1-2H3. The number of methoxy groups -OCH3 is 2. The van der Waals surface area contributed by atoms with Gasteiger partial charge in [-0.05, 0) is 24.8 Å². The zero-order chi connectivity index (χ0) is 19.2. The number of hydrogen-bond donors (Lipinski definition) is 0. The summed E-state index contributed by atoms with van der Waals surface area (Å²) in [6.07, 6.45) is -0.127. The van der Waals surface area contributed by atoms with Crippen LogP contribution in [0, 0.1) is 0 Å². The molecule has 1 fully saturated rings. The number of nitrogens with zero attached hydrogens (tertiary/aromatic N) is 1. The number of carbonyl (C=O) groups is 3. The van der Waals surface area contributed by atoms with Crippen LogP contribution in [0.5, 0.6) is 0 Å². The highest BCUT2D eigenvalue weighted by molar-refractivity contribution is 6.18. The van der Waals surface area contributed by atoms with Gasteiger partial charge < -0.3 is 14.2 Å². The lowest BCUT2D eigenvalue weighted by atomic mass is 9.93. The van der Waals surface area contributed by atoms with Crippen LogP contribution in [-0.2, 0) is 30.4 Å². The maximum absolute atomic E-state index is 12.8. The Kier molecular flexibility index (Phi) is 6.85. The lowest BCUT2D eigenvalue weighted by molar-refractivity contribution is -0.156. The molecule has 0 aromatic heterocycles. The van der Waals surface area contributed by atoms with Gasteiger partial charge in [-0.1, -0.05) is 30.3 Å². The van der Waals surface area contributed by atoms with E-state index in [1.54, 1.807) is 12.1 Å². The highest BCUT2D eigenvalue weighted by Gasteiger charge is 2.57. The van der Waals surface area contributed by atoms with E-state index in [-0.39, 0.29) is 31.7 Å². The summed E-state index contributed by atoms with van der Waals surface area (Å²) >= 11 is 5.87. The van der Waals surface area contributed by atoms with Crippen LogP contribution in [0.2, 0.25) is 0 Å². The molecule has 1 aliphatic rings. The van der Waals surface area contributed by atoms with Gasteiger partial charge in [-0.15, -0.1) is 11.6 Å². The molecule has 1 aromatic rings. The molecule has 7 nitrogen and oxygen atoms in total. The fourth-order valence-corrected chi connectivity index (χ4v) is 3.58. The summed E-state index contributed by atoms with van der Waals surface area (Å²) in [5, 5.41) is 0. The van der Waals surface area contributed by atoms with Crippen molar-refractivity contribution in [2.24, 2.45) is 0 Å². The van der Waals surface area contributed by atoms with Crippen molar-refractivity contribution in [1.82, 2.24) is 4.90 Å². The molecule has 0 bridgehead atoms. The third-order valence-electron chi connectivity index (χ3n) is 4.55. The predicted molar refractivity (Wildman–Crippen MR) is 93.6 cm³/mol. The molecular formula is C18H22ClNO6. The van der Waals surface area contributed by atoms with Gasteiger partial charge in [-0.3, -0.25) is 4.90 Å². The van der Waals surface area contributed by atoms with Crippen molar-refractivity contribution in [3.05, 3.63) is 35.9 Å². The number of benzene rings is 1. The summed E-state index contributed by atoms with van der Waals surface area (Å²) in [7, 11) is 2.47. The molecule has 8 heteroatoms. The Morgan fingerprint density at radius 1 is 1.19 bits per heavy atom. The summed E-state index contributed by atoms with van der Waals surface area (Å²) in [6.45, 7) is 0.0161. The second kappa shape index (κ2) is 8.89. The second-order valence-electron chi connectivity index (χ2n) is 5.95. The molecule has 2 atom stereocenters. The lowest BCUT2D eigenvalue weighted by Gasteiger charge is -2.36. The van der Waals surface area contributed by atoms with Gasteiger partial charge >= 0.3 is 18.0 Å². The normalized spacial score (nSPS) is 22.0. The minimum Gasteiger partial charge on any atom is -0.467 e. The molecule has 1 saturated heterocycles. The summed E-state index contributed by atoms with van der Waals surface area (Å²) in [4.78, 5) is 38.6. The van der Waals surface area contributed by atoms with Gasteiger partial charge in [0.15, 0.2) is 0 Å². The fourth-order valence-electron chi connectivity index (χ4n) is 3.27. The zero-order valence-electron chi connectivity index (χ0n) is 14.8. The number of amides is 1. The second-order valence-corrected chi connectivity index (χ2v) is 6.33. The Morgan fingerprint density at radius 3 is 2.46 bits per heavy atom. The number of alkyl halides is 1. The molecule has 0 saturated carbocycles. The number of rotatable bonds is 6. The minimum absolute atomic E-state index is 0.0161. The minimum atomic E-state index is -1.34. The predicted octanol–water partition coefficient (Wildman–Crippen LogP) is 2.50. The number of ether oxygens (including phenoxy) is 3. The number of esters is 2. The Hall–Kier alpha value is -2.28. The number of carbonyl (C=O) groups excluding carboxylic acids is 3. The van der Waals surface area contributed by atoms with Crippen molar-refractivity contribution in [1.29, 1.82) is 0 Å². The maximum Gasteiger partial charge on any atom is 0.411 e. The average Bonchev–Trinajstić information content (AvgIpc) is 3.06. The van der Waals surface area contributed by atoms with Crippen molar-refractivity contribution in [3.8, 4) is 0 Å². The topological polar surface area (TPSA) is 82.1 Å². The van der Waals surface area contributed by atoms with Crippen molar-refractivity contribution in [3.63, 3.8) is 0 Å². The molecule has 0 spiro atoms. The molecule has 1 aliphatic heterocycles. The highest BCUT2D eigenvalue weighted by atomic mass is 35.5. The van der Waals surface area contributed by atoms with Gasteiger partial charge in [0, 0.05) is 5.88 Å². The van der Waals surface area contributed by atoms with Crippen LogP contribution < -0.4 is 0 Å². The van der Waals surface area contributed by atoms with Crippen LogP contribution in [0.3, 0.4) is 0 Å². The van der Waals surface area contributed by atoms with E-state index in [0.29, 0.717) is 0 Å². The largest absolute Gasteiger partial charge is 0.467 e. The van der Waals surface area contributed by atoms with Crippen molar-refractivity contribution in [2.75, 3.05) is 20.1 Å². The SMILES string of the molecule is COC(=O)C1CCC(CCCl)(C(=O)OC)N1C(=O)OCc1ccccc1. The van der Waals surface area contributed by atoms with Gasteiger partial charge in [0.25, 0.3) is 0 Å². The number of halogens is 1. The molecule has 0 N–H and O–H groups in total. The van der Waals surface area contributed by atoms with Crippen LogP contribution in [0.1, 0.15) is 24.8 Å². The van der Waals surface area contributed by atoms with Gasteiger partial charge in [-0.25, -0.2) is 14.4 Å². The molecule has 0 aliphatic carbocycles. The Morgan fingerprint density at radius 2 is 1.88 bits per heavy atom. The third kappa shape index (κ3) is 3.93. The van der Waals surface area contributed by atoms with E-state index in [1.165, 1.54) is 14.2 Å².